The molecule has 0 aliphatic rings. The fraction of sp³-hybridized carbons (Fsp3) is 0.182. The van der Waals surface area contributed by atoms with E-state index in [2.05, 4.69) is 55.9 Å². The highest BCUT2D eigenvalue weighted by molar-refractivity contribution is 9.11. The van der Waals surface area contributed by atoms with E-state index in [-0.39, 0.29) is 0 Å². The number of aryl methyl sites for hydroxylation is 1. The quantitative estimate of drug-likeness (QED) is 0.764. The predicted molar refractivity (Wildman–Crippen MR) is 66.5 cm³/mol. The maximum Gasteiger partial charge on any atom is 0.0855 e. The molecule has 0 atom stereocenters. The van der Waals surface area contributed by atoms with E-state index in [9.17, 15) is 0 Å². The first-order valence-electron chi connectivity index (χ1n) is 4.45. The Balaban J connectivity index is 2.87. The van der Waals surface area contributed by atoms with Gasteiger partial charge in [0.15, 0.2) is 0 Å². The van der Waals surface area contributed by atoms with Crippen LogP contribution >= 0.6 is 31.9 Å². The van der Waals surface area contributed by atoms with Gasteiger partial charge in [-0.15, -0.1) is 0 Å². The van der Waals surface area contributed by atoms with Gasteiger partial charge in [-0.2, -0.15) is 0 Å². The molecule has 1 nitrogen and oxygen atoms in total. The summed E-state index contributed by atoms with van der Waals surface area (Å²) < 4.78 is 2.22. The normalized spacial score (nSPS) is 10.8. The van der Waals surface area contributed by atoms with Gasteiger partial charge in [-0.3, -0.25) is 4.98 Å². The van der Waals surface area contributed by atoms with Crippen LogP contribution in [0.2, 0.25) is 0 Å². The summed E-state index contributed by atoms with van der Waals surface area (Å²) in [6.45, 7) is 2.15. The second kappa shape index (κ2) is 3.99. The first kappa shape index (κ1) is 10.1. The van der Waals surface area contributed by atoms with E-state index in [1.165, 1.54) is 10.9 Å². The van der Waals surface area contributed by atoms with Gasteiger partial charge in [-0.25, -0.2) is 0 Å². The van der Waals surface area contributed by atoms with Crippen molar-refractivity contribution in [1.82, 2.24) is 4.98 Å². The number of benzene rings is 1. The van der Waals surface area contributed by atoms with Gasteiger partial charge in [0.25, 0.3) is 0 Å². The summed E-state index contributed by atoms with van der Waals surface area (Å²) in [7, 11) is 0. The average molecular weight is 315 g/mol. The molecular weight excluding hydrogens is 306 g/mol. The smallest absolute Gasteiger partial charge is 0.0855 e. The first-order valence-corrected chi connectivity index (χ1v) is 6.04. The van der Waals surface area contributed by atoms with Crippen LogP contribution in [0.1, 0.15) is 12.5 Å². The zero-order valence-electron chi connectivity index (χ0n) is 7.72. The molecule has 1 heterocycles. The average Bonchev–Trinajstić information content (AvgIpc) is 2.23. The van der Waals surface area contributed by atoms with Gasteiger partial charge in [0.05, 0.1) is 5.52 Å². The Morgan fingerprint density at radius 3 is 2.86 bits per heavy atom. The lowest BCUT2D eigenvalue weighted by Crippen LogP contribution is -1.88. The van der Waals surface area contributed by atoms with E-state index in [0.29, 0.717) is 0 Å². The lowest BCUT2D eigenvalue weighted by atomic mass is 10.1. The molecule has 3 heteroatoms. The molecule has 0 saturated carbocycles. The second-order valence-corrected chi connectivity index (χ2v) is 4.73. The number of aromatic nitrogens is 1. The Kier molecular flexibility index (Phi) is 2.88. The summed E-state index contributed by atoms with van der Waals surface area (Å²) in [5, 5.41) is 1.17. The van der Waals surface area contributed by atoms with Crippen LogP contribution in [0, 0.1) is 0 Å². The van der Waals surface area contributed by atoms with E-state index >= 15 is 0 Å². The third-order valence-electron chi connectivity index (χ3n) is 2.23. The molecule has 72 valence electrons. The van der Waals surface area contributed by atoms with Gasteiger partial charge < -0.3 is 0 Å². The fourth-order valence-corrected chi connectivity index (χ4v) is 2.79. The van der Waals surface area contributed by atoms with Gasteiger partial charge in [0.1, 0.15) is 0 Å². The van der Waals surface area contributed by atoms with Crippen molar-refractivity contribution >= 4 is 42.8 Å². The summed E-state index contributed by atoms with van der Waals surface area (Å²) in [5.41, 5.74) is 2.31. The highest BCUT2D eigenvalue weighted by atomic mass is 79.9. The van der Waals surface area contributed by atoms with Crippen molar-refractivity contribution in [3.05, 3.63) is 38.9 Å². The maximum atomic E-state index is 4.34. The van der Waals surface area contributed by atoms with Crippen LogP contribution in [0.3, 0.4) is 0 Å². The van der Waals surface area contributed by atoms with Crippen molar-refractivity contribution in [3.8, 4) is 0 Å². The van der Waals surface area contributed by atoms with Gasteiger partial charge in [-0.1, -0.05) is 13.0 Å². The predicted octanol–water partition coefficient (Wildman–Crippen LogP) is 4.32. The molecule has 0 fully saturated rings. The molecule has 0 unspecified atom stereocenters. The molecule has 0 saturated heterocycles. The van der Waals surface area contributed by atoms with Gasteiger partial charge in [0, 0.05) is 20.5 Å². The van der Waals surface area contributed by atoms with Crippen molar-refractivity contribution in [2.45, 2.75) is 13.3 Å². The highest BCUT2D eigenvalue weighted by Gasteiger charge is 2.07. The second-order valence-electron chi connectivity index (χ2n) is 3.08. The van der Waals surface area contributed by atoms with Gasteiger partial charge in [0.2, 0.25) is 0 Å². The Hall–Kier alpha value is -0.410. The summed E-state index contributed by atoms with van der Waals surface area (Å²) in [5.74, 6) is 0. The van der Waals surface area contributed by atoms with Crippen LogP contribution in [0.25, 0.3) is 10.9 Å². The molecule has 0 aliphatic heterocycles. The monoisotopic (exact) mass is 313 g/mol. The number of hydrogen-bond acceptors (Lipinski definition) is 1. The molecule has 0 bridgehead atoms. The number of nitrogens with zero attached hydrogens (tertiary/aromatic N) is 1. The lowest BCUT2D eigenvalue weighted by Gasteiger charge is -2.07. The molecule has 0 N–H and O–H groups in total. The minimum atomic E-state index is 1.01. The van der Waals surface area contributed by atoms with Crippen LogP contribution in [0.4, 0.5) is 0 Å². The van der Waals surface area contributed by atoms with E-state index in [0.717, 1.165) is 20.9 Å². The van der Waals surface area contributed by atoms with E-state index in [1.54, 1.807) is 0 Å². The standard InChI is InChI=1S/C11H9Br2N/c1-2-7-6-9(12)11-8(10(7)13)4-3-5-14-11/h3-6H,2H2,1H3. The summed E-state index contributed by atoms with van der Waals surface area (Å²) in [6.07, 6.45) is 2.83. The van der Waals surface area contributed by atoms with Gasteiger partial charge >= 0.3 is 0 Å². The highest BCUT2D eigenvalue weighted by Crippen LogP contribution is 2.32. The van der Waals surface area contributed by atoms with E-state index < -0.39 is 0 Å². The summed E-state index contributed by atoms with van der Waals surface area (Å²) in [4.78, 5) is 4.34. The van der Waals surface area contributed by atoms with Gasteiger partial charge in [-0.05, 0) is 56.0 Å². The molecule has 0 radical (unpaired) electrons. The number of halogens is 2. The number of pyridine rings is 1. The zero-order chi connectivity index (χ0) is 10.1. The number of fused-ring (bicyclic) bond motifs is 1. The third kappa shape index (κ3) is 1.59. The van der Waals surface area contributed by atoms with Crippen LogP contribution in [-0.2, 0) is 6.42 Å². The molecule has 0 aliphatic carbocycles. The fourth-order valence-electron chi connectivity index (χ4n) is 1.49. The minimum absolute atomic E-state index is 1.01. The molecule has 0 amide bonds. The summed E-state index contributed by atoms with van der Waals surface area (Å²) in [6, 6.07) is 6.16. The van der Waals surface area contributed by atoms with E-state index in [4.69, 9.17) is 0 Å². The SMILES string of the molecule is CCc1cc(Br)c2ncccc2c1Br. The van der Waals surface area contributed by atoms with Crippen molar-refractivity contribution in [3.63, 3.8) is 0 Å². The molecule has 14 heavy (non-hydrogen) atoms. The Labute approximate surface area is 99.8 Å². The number of rotatable bonds is 1. The Bertz CT molecular complexity index is 480. The Morgan fingerprint density at radius 2 is 2.14 bits per heavy atom. The summed E-state index contributed by atoms with van der Waals surface area (Å²) >= 11 is 7.15. The Morgan fingerprint density at radius 1 is 1.36 bits per heavy atom. The molecule has 2 aromatic rings. The van der Waals surface area contributed by atoms with Crippen molar-refractivity contribution in [1.29, 1.82) is 0 Å². The number of hydrogen-bond donors (Lipinski definition) is 0. The third-order valence-corrected chi connectivity index (χ3v) is 3.78. The van der Waals surface area contributed by atoms with Crippen LogP contribution in [0.5, 0.6) is 0 Å². The van der Waals surface area contributed by atoms with E-state index in [1.807, 2.05) is 12.3 Å². The van der Waals surface area contributed by atoms with Crippen molar-refractivity contribution < 1.29 is 0 Å². The van der Waals surface area contributed by atoms with Crippen molar-refractivity contribution in [2.24, 2.45) is 0 Å². The lowest BCUT2D eigenvalue weighted by molar-refractivity contribution is 1.13. The van der Waals surface area contributed by atoms with Crippen LogP contribution in [-0.4, -0.2) is 4.98 Å². The maximum absolute atomic E-state index is 4.34. The minimum Gasteiger partial charge on any atom is -0.255 e. The molecule has 2 rings (SSSR count). The molecule has 1 aromatic carbocycles. The molecular formula is C11H9Br2N. The zero-order valence-corrected chi connectivity index (χ0v) is 10.9. The molecule has 1 aromatic heterocycles. The van der Waals surface area contributed by atoms with Crippen LogP contribution in [0.15, 0.2) is 33.3 Å². The largest absolute Gasteiger partial charge is 0.255 e. The topological polar surface area (TPSA) is 12.9 Å². The first-order chi connectivity index (χ1) is 6.74. The van der Waals surface area contributed by atoms with Crippen LogP contribution < -0.4 is 0 Å². The van der Waals surface area contributed by atoms with Crippen molar-refractivity contribution in [2.75, 3.05) is 0 Å². The molecule has 0 spiro atoms.